The summed E-state index contributed by atoms with van der Waals surface area (Å²) in [6.07, 6.45) is 1.26. The van der Waals surface area contributed by atoms with Gasteiger partial charge in [-0.2, -0.15) is 5.26 Å². The molecule has 5 nitrogen and oxygen atoms in total. The van der Waals surface area contributed by atoms with Crippen molar-refractivity contribution >= 4 is 23.2 Å². The number of ether oxygens (including phenoxy) is 1. The van der Waals surface area contributed by atoms with Gasteiger partial charge in [0.1, 0.15) is 23.2 Å². The van der Waals surface area contributed by atoms with Crippen LogP contribution in [0.4, 0.5) is 10.1 Å². The Morgan fingerprint density at radius 3 is 2.75 bits per heavy atom. The molecule has 0 heterocycles. The van der Waals surface area contributed by atoms with Crippen LogP contribution in [0.25, 0.3) is 0 Å². The van der Waals surface area contributed by atoms with Crippen LogP contribution in [0.3, 0.4) is 0 Å². The van der Waals surface area contributed by atoms with E-state index in [9.17, 15) is 14.4 Å². The second-order valence-electron chi connectivity index (χ2n) is 6.11. The molecule has 1 atom stereocenters. The summed E-state index contributed by atoms with van der Waals surface area (Å²) in [5, 5.41) is 14.8. The summed E-state index contributed by atoms with van der Waals surface area (Å²) < 4.78 is 18.8. The summed E-state index contributed by atoms with van der Waals surface area (Å²) >= 11 is 5.72. The third kappa shape index (κ3) is 5.48. The zero-order valence-corrected chi connectivity index (χ0v) is 16.6. The van der Waals surface area contributed by atoms with E-state index in [-0.39, 0.29) is 16.6 Å². The number of carbonyl (C=O) groups excluding carboxylic acids is 1. The average Bonchev–Trinajstić information content (AvgIpc) is 2.66. The number of carbonyl (C=O) groups is 1. The van der Waals surface area contributed by atoms with Crippen LogP contribution >= 0.6 is 11.6 Å². The number of hydrogen-bond acceptors (Lipinski definition) is 4. The van der Waals surface area contributed by atoms with Gasteiger partial charge in [0, 0.05) is 17.5 Å². The molecule has 0 spiro atoms. The molecule has 146 valence electrons. The molecule has 0 saturated heterocycles. The number of halogens is 2. The number of aryl methyl sites for hydroxylation is 1. The third-order valence-corrected chi connectivity index (χ3v) is 4.24. The van der Waals surface area contributed by atoms with Crippen LogP contribution in [0.15, 0.2) is 48.2 Å². The Morgan fingerprint density at radius 2 is 2.11 bits per heavy atom. The highest BCUT2D eigenvalue weighted by molar-refractivity contribution is 6.31. The van der Waals surface area contributed by atoms with E-state index in [1.54, 1.807) is 0 Å². The summed E-state index contributed by atoms with van der Waals surface area (Å²) in [7, 11) is 0. The van der Waals surface area contributed by atoms with Gasteiger partial charge in [-0.15, -0.1) is 0 Å². The Hall–Kier alpha value is -3.04. The van der Waals surface area contributed by atoms with Crippen molar-refractivity contribution in [3.8, 4) is 11.8 Å². The lowest BCUT2D eigenvalue weighted by atomic mass is 10.0. The van der Waals surface area contributed by atoms with Crippen LogP contribution < -0.4 is 15.4 Å². The monoisotopic (exact) mass is 401 g/mol. The maximum Gasteiger partial charge on any atom is 0.263 e. The largest absolute Gasteiger partial charge is 0.494 e. The minimum absolute atomic E-state index is 0.0575. The fourth-order valence-corrected chi connectivity index (χ4v) is 2.72. The van der Waals surface area contributed by atoms with Crippen molar-refractivity contribution in [3.05, 3.63) is 70.1 Å². The average molecular weight is 402 g/mol. The first-order valence-electron chi connectivity index (χ1n) is 8.71. The first kappa shape index (κ1) is 21.3. The molecule has 0 fully saturated rings. The Kier molecular flexibility index (Phi) is 7.42. The van der Waals surface area contributed by atoms with E-state index in [2.05, 4.69) is 10.6 Å². The van der Waals surface area contributed by atoms with Crippen molar-refractivity contribution < 1.29 is 13.9 Å². The lowest BCUT2D eigenvalue weighted by molar-refractivity contribution is -0.117. The molecule has 0 bridgehead atoms. The van der Waals surface area contributed by atoms with Crippen LogP contribution in [-0.2, 0) is 4.79 Å². The number of amides is 1. The van der Waals surface area contributed by atoms with Gasteiger partial charge in [0.15, 0.2) is 0 Å². The SMILES string of the molecule is CCOc1ccc(C)cc1C(C)NC(=O)/C(C#N)=C\Nc1ccc(F)c(Cl)c1. The maximum absolute atomic E-state index is 13.2. The summed E-state index contributed by atoms with van der Waals surface area (Å²) in [5.41, 5.74) is 2.19. The topological polar surface area (TPSA) is 74.1 Å². The lowest BCUT2D eigenvalue weighted by Crippen LogP contribution is -2.28. The predicted molar refractivity (Wildman–Crippen MR) is 108 cm³/mol. The molecule has 2 N–H and O–H groups in total. The summed E-state index contributed by atoms with van der Waals surface area (Å²) in [4.78, 5) is 12.5. The second-order valence-corrected chi connectivity index (χ2v) is 6.52. The number of nitriles is 1. The standard InChI is InChI=1S/C21H21ClFN3O2/c1-4-28-20-8-5-13(2)9-17(20)14(3)26-21(27)15(11-24)12-25-16-6-7-19(23)18(22)10-16/h5-10,12,14,25H,4H2,1-3H3,(H,26,27)/b15-12-. The molecule has 2 aromatic rings. The zero-order chi connectivity index (χ0) is 20.7. The zero-order valence-electron chi connectivity index (χ0n) is 15.8. The first-order chi connectivity index (χ1) is 13.3. The van der Waals surface area contributed by atoms with Gasteiger partial charge in [-0.25, -0.2) is 4.39 Å². The van der Waals surface area contributed by atoms with Gasteiger partial charge in [0.2, 0.25) is 0 Å². The van der Waals surface area contributed by atoms with E-state index in [1.807, 2.05) is 45.0 Å². The molecule has 0 aromatic heterocycles. The highest BCUT2D eigenvalue weighted by Crippen LogP contribution is 2.26. The first-order valence-corrected chi connectivity index (χ1v) is 9.09. The van der Waals surface area contributed by atoms with Gasteiger partial charge in [0.05, 0.1) is 17.7 Å². The van der Waals surface area contributed by atoms with Gasteiger partial charge in [-0.1, -0.05) is 29.3 Å². The molecule has 28 heavy (non-hydrogen) atoms. The highest BCUT2D eigenvalue weighted by atomic mass is 35.5. The van der Waals surface area contributed by atoms with Crippen LogP contribution in [0.2, 0.25) is 5.02 Å². The molecular formula is C21H21ClFN3O2. The lowest BCUT2D eigenvalue weighted by Gasteiger charge is -2.18. The van der Waals surface area contributed by atoms with Gasteiger partial charge >= 0.3 is 0 Å². The summed E-state index contributed by atoms with van der Waals surface area (Å²) in [5.74, 6) is -0.409. The fraction of sp³-hybridized carbons (Fsp3) is 0.238. The Labute approximate surface area is 168 Å². The molecule has 0 saturated carbocycles. The van der Waals surface area contributed by atoms with Crippen LogP contribution in [-0.4, -0.2) is 12.5 Å². The van der Waals surface area contributed by atoms with Gasteiger partial charge < -0.3 is 15.4 Å². The Balaban J connectivity index is 2.14. The van der Waals surface area contributed by atoms with E-state index >= 15 is 0 Å². The molecule has 1 amide bonds. The highest BCUT2D eigenvalue weighted by Gasteiger charge is 2.17. The van der Waals surface area contributed by atoms with Crippen molar-refractivity contribution in [2.24, 2.45) is 0 Å². The second kappa shape index (κ2) is 9.77. The minimum Gasteiger partial charge on any atom is -0.494 e. The molecule has 0 radical (unpaired) electrons. The van der Waals surface area contributed by atoms with Gasteiger partial charge in [-0.05, 0) is 45.0 Å². The number of rotatable bonds is 7. The van der Waals surface area contributed by atoms with E-state index in [0.29, 0.717) is 18.0 Å². The normalized spacial score (nSPS) is 12.1. The predicted octanol–water partition coefficient (Wildman–Crippen LogP) is 4.88. The molecular weight excluding hydrogens is 381 g/mol. The summed E-state index contributed by atoms with van der Waals surface area (Å²) in [6.45, 7) is 6.16. The molecule has 1 unspecified atom stereocenters. The van der Waals surface area contributed by atoms with E-state index < -0.39 is 11.7 Å². The maximum atomic E-state index is 13.2. The molecule has 7 heteroatoms. The van der Waals surface area contributed by atoms with E-state index in [0.717, 1.165) is 11.1 Å². The number of anilines is 1. The smallest absolute Gasteiger partial charge is 0.263 e. The fourth-order valence-electron chi connectivity index (χ4n) is 2.54. The molecule has 0 aliphatic heterocycles. The number of hydrogen-bond donors (Lipinski definition) is 2. The van der Waals surface area contributed by atoms with Crippen molar-refractivity contribution in [2.75, 3.05) is 11.9 Å². The molecule has 2 aromatic carbocycles. The number of nitrogens with one attached hydrogen (secondary N) is 2. The van der Waals surface area contributed by atoms with Crippen molar-refractivity contribution in [1.29, 1.82) is 5.26 Å². The van der Waals surface area contributed by atoms with Crippen molar-refractivity contribution in [2.45, 2.75) is 26.8 Å². The van der Waals surface area contributed by atoms with Crippen LogP contribution in [0.1, 0.15) is 31.0 Å². The molecule has 0 aliphatic rings. The minimum atomic E-state index is -0.550. The van der Waals surface area contributed by atoms with Gasteiger partial charge in [-0.3, -0.25) is 4.79 Å². The third-order valence-electron chi connectivity index (χ3n) is 3.95. The Morgan fingerprint density at radius 1 is 1.36 bits per heavy atom. The Bertz CT molecular complexity index is 938. The molecule has 0 aliphatic carbocycles. The van der Waals surface area contributed by atoms with Crippen LogP contribution in [0.5, 0.6) is 5.75 Å². The van der Waals surface area contributed by atoms with E-state index in [1.165, 1.54) is 24.4 Å². The number of benzene rings is 2. The number of nitrogens with zero attached hydrogens (tertiary/aromatic N) is 1. The van der Waals surface area contributed by atoms with E-state index in [4.69, 9.17) is 16.3 Å². The van der Waals surface area contributed by atoms with Crippen molar-refractivity contribution in [1.82, 2.24) is 5.32 Å². The summed E-state index contributed by atoms with van der Waals surface area (Å²) in [6, 6.07) is 11.2. The quantitative estimate of drug-likeness (QED) is 0.512. The van der Waals surface area contributed by atoms with Gasteiger partial charge in [0.25, 0.3) is 5.91 Å². The van der Waals surface area contributed by atoms with Crippen molar-refractivity contribution in [3.63, 3.8) is 0 Å². The molecule has 2 rings (SSSR count). The van der Waals surface area contributed by atoms with Crippen LogP contribution in [0, 0.1) is 24.1 Å².